The molecule has 2 aromatic rings. The minimum atomic E-state index is -0.831. The summed E-state index contributed by atoms with van der Waals surface area (Å²) in [5.74, 6) is -0.945. The van der Waals surface area contributed by atoms with Crippen LogP contribution in [0.3, 0.4) is 0 Å². The molecule has 1 aliphatic carbocycles. The third-order valence-electron chi connectivity index (χ3n) is 5.13. The Labute approximate surface area is 177 Å². The molecule has 1 saturated carbocycles. The predicted octanol–water partition coefficient (Wildman–Crippen LogP) is 2.24. The van der Waals surface area contributed by atoms with Gasteiger partial charge in [-0.1, -0.05) is 31.0 Å². The van der Waals surface area contributed by atoms with Crippen molar-refractivity contribution in [1.82, 2.24) is 20.3 Å². The van der Waals surface area contributed by atoms with Gasteiger partial charge in [-0.05, 0) is 32.8 Å². The van der Waals surface area contributed by atoms with Crippen LogP contribution >= 0.6 is 11.8 Å². The first-order chi connectivity index (χ1) is 14.3. The molecule has 1 amide bonds. The van der Waals surface area contributed by atoms with E-state index >= 15 is 0 Å². The summed E-state index contributed by atoms with van der Waals surface area (Å²) in [6, 6.07) is 3.73. The third-order valence-corrected chi connectivity index (χ3v) is 6.11. The Balaban J connectivity index is 1.85. The van der Waals surface area contributed by atoms with E-state index in [-0.39, 0.29) is 27.7 Å². The number of aryl methyl sites for hydroxylation is 1. The van der Waals surface area contributed by atoms with E-state index in [1.165, 1.54) is 13.2 Å². The van der Waals surface area contributed by atoms with Gasteiger partial charge in [-0.3, -0.25) is 9.59 Å². The first kappa shape index (κ1) is 21.8. The third kappa shape index (κ3) is 4.46. The van der Waals surface area contributed by atoms with E-state index in [1.807, 2.05) is 0 Å². The van der Waals surface area contributed by atoms with Crippen LogP contribution in [0.2, 0.25) is 0 Å². The van der Waals surface area contributed by atoms with Crippen LogP contribution in [0.5, 0.6) is 0 Å². The van der Waals surface area contributed by atoms with E-state index in [2.05, 4.69) is 26.3 Å². The fourth-order valence-electron chi connectivity index (χ4n) is 3.55. The molecule has 1 atom stereocenters. The number of rotatable bonds is 5. The molecule has 1 aliphatic rings. The second-order valence-corrected chi connectivity index (χ2v) is 8.71. The zero-order valence-electron chi connectivity index (χ0n) is 17.1. The lowest BCUT2D eigenvalue weighted by atomic mass is 9.83. The summed E-state index contributed by atoms with van der Waals surface area (Å²) >= 11 is 1.06. The van der Waals surface area contributed by atoms with Crippen molar-refractivity contribution in [2.75, 3.05) is 7.11 Å². The number of methoxy groups -OCH3 is 1. The number of fused-ring (bicyclic) bond motifs is 1. The Hall–Kier alpha value is -2.93. The van der Waals surface area contributed by atoms with E-state index in [0.29, 0.717) is 18.5 Å². The molecule has 0 radical (unpaired) electrons. The second kappa shape index (κ2) is 8.83. The molecule has 1 unspecified atom stereocenters. The van der Waals surface area contributed by atoms with Gasteiger partial charge >= 0.3 is 5.97 Å². The average Bonchev–Trinajstić information content (AvgIpc) is 2.72. The number of nitrogens with one attached hydrogen (secondary N) is 2. The summed E-state index contributed by atoms with van der Waals surface area (Å²) in [6.45, 7) is 3.37. The van der Waals surface area contributed by atoms with Crippen LogP contribution in [0.4, 0.5) is 0 Å². The molecule has 10 heteroatoms. The van der Waals surface area contributed by atoms with Crippen molar-refractivity contribution < 1.29 is 14.3 Å². The number of pyridine rings is 1. The lowest BCUT2D eigenvalue weighted by molar-refractivity contribution is -0.122. The summed E-state index contributed by atoms with van der Waals surface area (Å²) in [5.41, 5.74) is -0.665. The van der Waals surface area contributed by atoms with Gasteiger partial charge in [0.05, 0.1) is 29.4 Å². The molecule has 0 bridgehead atoms. The number of H-pyrrole nitrogens is 1. The topological polar surface area (TPSA) is 138 Å². The Kier molecular flexibility index (Phi) is 6.41. The number of esters is 1. The molecule has 2 heterocycles. The van der Waals surface area contributed by atoms with Crippen LogP contribution in [-0.2, 0) is 9.53 Å². The lowest BCUT2D eigenvalue weighted by Crippen LogP contribution is -2.51. The van der Waals surface area contributed by atoms with E-state index in [4.69, 9.17) is 4.74 Å². The standard InChI is InChI=1S/C20H23N5O4S/c1-11-9-13(18(28)29-3)14-15(22-11)23-19(24-17(14)27)30-12(2)16(26)25-20(10-21)7-5-4-6-8-20/h9,12H,4-8H2,1-3H3,(H,25,26)(H,22,23,24,27). The molecule has 0 saturated heterocycles. The van der Waals surface area contributed by atoms with Crippen LogP contribution in [0.1, 0.15) is 55.1 Å². The van der Waals surface area contributed by atoms with E-state index < -0.39 is 22.3 Å². The average molecular weight is 430 g/mol. The van der Waals surface area contributed by atoms with Crippen molar-refractivity contribution in [1.29, 1.82) is 5.26 Å². The van der Waals surface area contributed by atoms with Crippen molar-refractivity contribution in [2.45, 2.75) is 61.9 Å². The highest BCUT2D eigenvalue weighted by molar-refractivity contribution is 8.00. The molecule has 158 valence electrons. The molecular weight excluding hydrogens is 406 g/mol. The Bertz CT molecular complexity index is 1090. The van der Waals surface area contributed by atoms with Gasteiger partial charge in [-0.25, -0.2) is 14.8 Å². The molecule has 0 spiro atoms. The van der Waals surface area contributed by atoms with Gasteiger partial charge < -0.3 is 15.0 Å². The molecule has 2 aromatic heterocycles. The number of carbonyl (C=O) groups is 2. The highest BCUT2D eigenvalue weighted by Crippen LogP contribution is 2.29. The van der Waals surface area contributed by atoms with Crippen molar-refractivity contribution >= 4 is 34.7 Å². The Morgan fingerprint density at radius 3 is 2.67 bits per heavy atom. The second-order valence-electron chi connectivity index (χ2n) is 7.38. The Morgan fingerprint density at radius 2 is 2.03 bits per heavy atom. The van der Waals surface area contributed by atoms with E-state index in [9.17, 15) is 19.6 Å². The van der Waals surface area contributed by atoms with Crippen molar-refractivity contribution in [2.24, 2.45) is 0 Å². The van der Waals surface area contributed by atoms with Crippen molar-refractivity contribution in [3.8, 4) is 6.07 Å². The van der Waals surface area contributed by atoms with Crippen LogP contribution in [-0.4, -0.2) is 44.7 Å². The minimum absolute atomic E-state index is 0.0412. The number of aromatic nitrogens is 3. The van der Waals surface area contributed by atoms with Crippen LogP contribution in [0.15, 0.2) is 16.0 Å². The number of hydrogen-bond donors (Lipinski definition) is 2. The molecule has 0 aliphatic heterocycles. The van der Waals surface area contributed by atoms with Crippen LogP contribution in [0.25, 0.3) is 11.0 Å². The van der Waals surface area contributed by atoms with Gasteiger partial charge in [0.1, 0.15) is 5.54 Å². The fraction of sp³-hybridized carbons (Fsp3) is 0.500. The maximum absolute atomic E-state index is 12.7. The number of carbonyl (C=O) groups excluding carboxylic acids is 2. The fourth-order valence-corrected chi connectivity index (χ4v) is 4.34. The monoisotopic (exact) mass is 429 g/mol. The van der Waals surface area contributed by atoms with Crippen LogP contribution < -0.4 is 10.9 Å². The number of nitriles is 1. The lowest BCUT2D eigenvalue weighted by Gasteiger charge is -2.32. The predicted molar refractivity (Wildman–Crippen MR) is 111 cm³/mol. The number of thioether (sulfide) groups is 1. The Morgan fingerprint density at radius 1 is 1.33 bits per heavy atom. The quantitative estimate of drug-likeness (QED) is 0.419. The number of aromatic amines is 1. The van der Waals surface area contributed by atoms with Gasteiger partial charge in [0, 0.05) is 5.69 Å². The maximum atomic E-state index is 12.7. The number of amides is 1. The van der Waals surface area contributed by atoms with Gasteiger partial charge in [-0.15, -0.1) is 0 Å². The summed E-state index contributed by atoms with van der Waals surface area (Å²) in [7, 11) is 1.23. The smallest absolute Gasteiger partial charge is 0.338 e. The first-order valence-corrected chi connectivity index (χ1v) is 10.6. The molecule has 2 N–H and O–H groups in total. The highest BCUT2D eigenvalue weighted by atomic mass is 32.2. The zero-order valence-corrected chi connectivity index (χ0v) is 17.9. The van der Waals surface area contributed by atoms with Crippen LogP contribution in [0, 0.1) is 18.3 Å². The van der Waals surface area contributed by atoms with Crippen molar-refractivity contribution in [3.63, 3.8) is 0 Å². The normalized spacial score (nSPS) is 16.5. The molecular formula is C20H23N5O4S. The zero-order chi connectivity index (χ0) is 21.9. The highest BCUT2D eigenvalue weighted by Gasteiger charge is 2.35. The molecule has 3 rings (SSSR count). The van der Waals surface area contributed by atoms with Gasteiger partial charge in [0.25, 0.3) is 5.56 Å². The van der Waals surface area contributed by atoms with Crippen molar-refractivity contribution in [3.05, 3.63) is 27.7 Å². The van der Waals surface area contributed by atoms with Gasteiger partial charge in [0.15, 0.2) is 10.8 Å². The summed E-state index contributed by atoms with van der Waals surface area (Å²) < 4.78 is 4.74. The first-order valence-electron chi connectivity index (χ1n) is 9.68. The molecule has 1 fully saturated rings. The van der Waals surface area contributed by atoms with E-state index in [0.717, 1.165) is 31.0 Å². The number of hydrogen-bond acceptors (Lipinski definition) is 8. The summed E-state index contributed by atoms with van der Waals surface area (Å²) in [5, 5.41) is 12.1. The van der Waals surface area contributed by atoms with Gasteiger partial charge in [0.2, 0.25) is 5.91 Å². The minimum Gasteiger partial charge on any atom is -0.465 e. The maximum Gasteiger partial charge on any atom is 0.338 e. The summed E-state index contributed by atoms with van der Waals surface area (Å²) in [4.78, 5) is 48.5. The number of ether oxygens (including phenoxy) is 1. The van der Waals surface area contributed by atoms with E-state index in [1.54, 1.807) is 13.8 Å². The summed E-state index contributed by atoms with van der Waals surface area (Å²) in [6.07, 6.45) is 4.14. The molecule has 0 aromatic carbocycles. The largest absolute Gasteiger partial charge is 0.465 e. The molecule has 9 nitrogen and oxygen atoms in total. The number of nitrogens with zero attached hydrogens (tertiary/aromatic N) is 3. The van der Waals surface area contributed by atoms with Gasteiger partial charge in [-0.2, -0.15) is 5.26 Å². The SMILES string of the molecule is COC(=O)c1cc(C)nc2nc(SC(C)C(=O)NC3(C#N)CCCCC3)[nH]c(=O)c12. The molecule has 30 heavy (non-hydrogen) atoms.